The standard InChI is InChI=1S/C47H78N2O5/c1-3-5-6-7-8-9-10-11-12-13-14-15-16-17-18-19-44(50)21-20-38(36-53-45(51)35-47-33-39-30-40(34-47)32-42(47)31-39)37-54-46(52)41-22-28-49(29-23-41)43-24-26-48(4-2)27-25-43/h8-9,11-12,38-43H,3-7,10,13-37H2,1-2H3/b9-8-,12-11-. The molecule has 6 rings (SSSR count). The van der Waals surface area contributed by atoms with E-state index < -0.39 is 0 Å². The zero-order valence-corrected chi connectivity index (χ0v) is 34.6. The number of rotatable bonds is 26. The SMILES string of the molecule is CCCCC/C=C\C/C=C\CCCCCCCC(=O)CCC(COC(=O)CC12CC3CC(CC1C3)C2)COC(=O)C1CCN(C2CCN(CC)CC2)CC1. The molecule has 3 atom stereocenters. The van der Waals surface area contributed by atoms with Gasteiger partial charge in [-0.05, 0) is 159 Å². The molecule has 0 amide bonds. The molecule has 6 fully saturated rings. The Labute approximate surface area is 329 Å². The van der Waals surface area contributed by atoms with Gasteiger partial charge in [0.15, 0.2) is 0 Å². The third kappa shape index (κ3) is 13.9. The summed E-state index contributed by atoms with van der Waals surface area (Å²) >= 11 is 0. The van der Waals surface area contributed by atoms with Crippen LogP contribution in [0, 0.1) is 35.0 Å². The zero-order valence-electron chi connectivity index (χ0n) is 34.6. The average molecular weight is 751 g/mol. The van der Waals surface area contributed by atoms with Crippen molar-refractivity contribution >= 4 is 17.7 Å². The van der Waals surface area contributed by atoms with E-state index in [1.54, 1.807) is 0 Å². The number of unbranched alkanes of at least 4 members (excludes halogenated alkanes) is 8. The van der Waals surface area contributed by atoms with E-state index in [0.29, 0.717) is 37.6 Å². The van der Waals surface area contributed by atoms with Crippen LogP contribution in [0.1, 0.15) is 168 Å². The van der Waals surface area contributed by atoms with Crippen molar-refractivity contribution in [3.05, 3.63) is 24.3 Å². The number of hydrogen-bond acceptors (Lipinski definition) is 7. The third-order valence-electron chi connectivity index (χ3n) is 14.2. The average Bonchev–Trinajstić information content (AvgIpc) is 3.57. The molecular weight excluding hydrogens is 673 g/mol. The van der Waals surface area contributed by atoms with Gasteiger partial charge in [0.1, 0.15) is 5.78 Å². The maximum absolute atomic E-state index is 13.3. The van der Waals surface area contributed by atoms with Crippen molar-refractivity contribution in [1.82, 2.24) is 9.80 Å². The minimum Gasteiger partial charge on any atom is -0.465 e. The van der Waals surface area contributed by atoms with Crippen molar-refractivity contribution in [2.45, 2.75) is 174 Å². The van der Waals surface area contributed by atoms with Crippen LogP contribution in [0.5, 0.6) is 0 Å². The van der Waals surface area contributed by atoms with E-state index in [1.807, 2.05) is 0 Å². The molecule has 54 heavy (non-hydrogen) atoms. The first-order chi connectivity index (χ1) is 26.4. The summed E-state index contributed by atoms with van der Waals surface area (Å²) in [5.74, 6) is 2.21. The number of ether oxygens (including phenoxy) is 2. The van der Waals surface area contributed by atoms with E-state index in [4.69, 9.17) is 9.47 Å². The van der Waals surface area contributed by atoms with Gasteiger partial charge >= 0.3 is 11.9 Å². The zero-order chi connectivity index (χ0) is 38.0. The Bertz CT molecular complexity index is 1170. The van der Waals surface area contributed by atoms with Crippen LogP contribution in [-0.4, -0.2) is 79.5 Å². The summed E-state index contributed by atoms with van der Waals surface area (Å²) in [6.07, 6.45) is 34.9. The van der Waals surface area contributed by atoms with E-state index in [0.717, 1.165) is 70.0 Å². The summed E-state index contributed by atoms with van der Waals surface area (Å²) in [5.41, 5.74) is 0.173. The maximum Gasteiger partial charge on any atom is 0.309 e. The van der Waals surface area contributed by atoms with Gasteiger partial charge in [-0.1, -0.05) is 70.3 Å². The van der Waals surface area contributed by atoms with E-state index >= 15 is 0 Å². The van der Waals surface area contributed by atoms with Crippen LogP contribution in [0.25, 0.3) is 0 Å². The van der Waals surface area contributed by atoms with Crippen LogP contribution in [0.2, 0.25) is 0 Å². The van der Waals surface area contributed by atoms with Gasteiger partial charge in [-0.3, -0.25) is 14.4 Å². The molecule has 0 aromatic carbocycles. The van der Waals surface area contributed by atoms with Gasteiger partial charge in [0, 0.05) is 24.8 Å². The molecule has 4 saturated carbocycles. The topological polar surface area (TPSA) is 76.2 Å². The van der Waals surface area contributed by atoms with Gasteiger partial charge in [0.2, 0.25) is 0 Å². The molecule has 0 spiro atoms. The van der Waals surface area contributed by atoms with Gasteiger partial charge in [-0.2, -0.15) is 0 Å². The fraction of sp³-hybridized carbons (Fsp3) is 0.851. The Morgan fingerprint density at radius 3 is 2.06 bits per heavy atom. The van der Waals surface area contributed by atoms with Crippen LogP contribution in [0.15, 0.2) is 24.3 Å². The van der Waals surface area contributed by atoms with Crippen LogP contribution >= 0.6 is 0 Å². The fourth-order valence-electron chi connectivity index (χ4n) is 11.1. The molecule has 7 nitrogen and oxygen atoms in total. The smallest absolute Gasteiger partial charge is 0.309 e. The monoisotopic (exact) mass is 751 g/mol. The van der Waals surface area contributed by atoms with Gasteiger partial charge in [-0.25, -0.2) is 0 Å². The first kappa shape index (κ1) is 43.1. The highest BCUT2D eigenvalue weighted by Gasteiger charge is 2.58. The number of hydrogen-bond donors (Lipinski definition) is 0. The predicted molar refractivity (Wildman–Crippen MR) is 219 cm³/mol. The largest absolute Gasteiger partial charge is 0.465 e. The minimum atomic E-state index is -0.135. The van der Waals surface area contributed by atoms with Crippen molar-refractivity contribution in [3.8, 4) is 0 Å². The van der Waals surface area contributed by atoms with Crippen molar-refractivity contribution in [1.29, 1.82) is 0 Å². The highest BCUT2D eigenvalue weighted by Crippen LogP contribution is 2.66. The van der Waals surface area contributed by atoms with Gasteiger partial charge in [0.25, 0.3) is 0 Å². The number of likely N-dealkylation sites (tertiary alicyclic amines) is 2. The van der Waals surface area contributed by atoms with Gasteiger partial charge < -0.3 is 19.3 Å². The van der Waals surface area contributed by atoms with E-state index in [2.05, 4.69) is 48.0 Å². The van der Waals surface area contributed by atoms with Crippen LogP contribution in [-0.2, 0) is 23.9 Å². The van der Waals surface area contributed by atoms with E-state index in [1.165, 1.54) is 103 Å². The van der Waals surface area contributed by atoms with E-state index in [9.17, 15) is 14.4 Å². The predicted octanol–water partition coefficient (Wildman–Crippen LogP) is 10.3. The second kappa shape index (κ2) is 23.3. The van der Waals surface area contributed by atoms with Crippen LogP contribution < -0.4 is 0 Å². The molecule has 2 saturated heterocycles. The summed E-state index contributed by atoms with van der Waals surface area (Å²) in [7, 11) is 0. The molecule has 0 radical (unpaired) electrons. The quantitative estimate of drug-likeness (QED) is 0.0495. The summed E-state index contributed by atoms with van der Waals surface area (Å²) < 4.78 is 11.9. The number of nitrogens with zero attached hydrogens (tertiary/aromatic N) is 2. The number of ketones is 1. The maximum atomic E-state index is 13.3. The lowest BCUT2D eigenvalue weighted by Gasteiger charge is -2.41. The number of Topliss-reactive ketones (excluding diaryl/α,β-unsaturated/α-hetero) is 1. The van der Waals surface area contributed by atoms with Gasteiger partial charge in [0.05, 0.1) is 25.6 Å². The highest BCUT2D eigenvalue weighted by atomic mass is 16.5. The third-order valence-corrected chi connectivity index (χ3v) is 14.2. The van der Waals surface area contributed by atoms with Crippen molar-refractivity contribution in [2.75, 3.05) is 45.9 Å². The molecule has 6 aliphatic rings. The molecule has 0 N–H and O–H groups in total. The highest BCUT2D eigenvalue weighted by molar-refractivity contribution is 5.78. The Balaban J connectivity index is 0.976. The van der Waals surface area contributed by atoms with Crippen molar-refractivity contribution < 1.29 is 23.9 Å². The molecule has 7 heteroatoms. The summed E-state index contributed by atoms with van der Waals surface area (Å²) in [6.45, 7) is 10.4. The first-order valence-corrected chi connectivity index (χ1v) is 23.0. The summed E-state index contributed by atoms with van der Waals surface area (Å²) in [4.78, 5) is 44.6. The molecule has 306 valence electrons. The number of carbonyl (C=O) groups is 3. The lowest BCUT2D eigenvalue weighted by Crippen LogP contribution is -2.48. The molecule has 3 unspecified atom stereocenters. The molecule has 0 aromatic rings. The van der Waals surface area contributed by atoms with Crippen LogP contribution in [0.4, 0.5) is 0 Å². The normalized spacial score (nSPS) is 27.0. The number of esters is 2. The number of allylic oxidation sites excluding steroid dienone is 4. The number of carbonyl (C=O) groups excluding carboxylic acids is 3. The Morgan fingerprint density at radius 2 is 1.37 bits per heavy atom. The lowest BCUT2D eigenvalue weighted by molar-refractivity contribution is -0.154. The molecule has 2 aliphatic heterocycles. The summed E-state index contributed by atoms with van der Waals surface area (Å²) in [5, 5.41) is 0. The lowest BCUT2D eigenvalue weighted by atomic mass is 9.73. The molecular formula is C47H78N2O5. The second-order valence-electron chi connectivity index (χ2n) is 18.3. The Kier molecular flexibility index (Phi) is 18.6. The molecule has 4 bridgehead atoms. The Hall–Kier alpha value is -1.99. The number of piperidine rings is 2. The van der Waals surface area contributed by atoms with Crippen molar-refractivity contribution in [3.63, 3.8) is 0 Å². The second-order valence-corrected chi connectivity index (χ2v) is 18.3. The van der Waals surface area contributed by atoms with Crippen molar-refractivity contribution in [2.24, 2.45) is 35.0 Å². The van der Waals surface area contributed by atoms with Gasteiger partial charge in [-0.15, -0.1) is 0 Å². The molecule has 4 aliphatic carbocycles. The Morgan fingerprint density at radius 1 is 0.722 bits per heavy atom. The fourth-order valence-corrected chi connectivity index (χ4v) is 11.1. The minimum absolute atomic E-state index is 0.0627. The molecule has 2 heterocycles. The molecule has 0 aromatic heterocycles. The van der Waals surface area contributed by atoms with Crippen LogP contribution in [0.3, 0.4) is 0 Å². The summed E-state index contributed by atoms with van der Waals surface area (Å²) in [6, 6.07) is 0.639. The first-order valence-electron chi connectivity index (χ1n) is 23.0. The van der Waals surface area contributed by atoms with E-state index in [-0.39, 0.29) is 48.2 Å².